The highest BCUT2D eigenvalue weighted by molar-refractivity contribution is 7.59. The molecule has 1 atom stereocenters. The third-order valence-electron chi connectivity index (χ3n) is 6.12. The number of benzene rings is 2. The Morgan fingerprint density at radius 2 is 1.76 bits per heavy atom. The fourth-order valence-corrected chi connectivity index (χ4v) is 4.50. The molecule has 0 saturated heterocycles. The van der Waals surface area contributed by atoms with Gasteiger partial charge in [0.15, 0.2) is 5.78 Å². The van der Waals surface area contributed by atoms with Crippen molar-refractivity contribution in [1.82, 2.24) is 9.97 Å². The average Bonchev–Trinajstić information content (AvgIpc) is 2.79. The molecule has 4 rings (SSSR count). The summed E-state index contributed by atoms with van der Waals surface area (Å²) in [6.07, 6.45) is 4.34. The zero-order valence-electron chi connectivity index (χ0n) is 19.6. The molecule has 2 aromatic carbocycles. The third kappa shape index (κ3) is 5.03. The van der Waals surface area contributed by atoms with Gasteiger partial charge in [-0.25, -0.2) is 9.37 Å². The molecule has 0 bridgehead atoms. The zero-order valence-corrected chi connectivity index (χ0v) is 20.6. The topological polar surface area (TPSA) is 63.1 Å². The van der Waals surface area contributed by atoms with Gasteiger partial charge >= 0.3 is 0 Å². The van der Waals surface area contributed by atoms with Gasteiger partial charge in [-0.15, -0.1) is 0 Å². The van der Waals surface area contributed by atoms with Gasteiger partial charge < -0.3 is 5.11 Å². The molecule has 0 radical (unpaired) electrons. The third-order valence-corrected chi connectivity index (χ3v) is 6.12. The van der Waals surface area contributed by atoms with Gasteiger partial charge in [-0.2, -0.15) is 13.5 Å². The number of halogens is 1. The van der Waals surface area contributed by atoms with Crippen LogP contribution in [0.15, 0.2) is 60.9 Å². The minimum absolute atomic E-state index is 0. The normalized spacial score (nSPS) is 11.8. The van der Waals surface area contributed by atoms with Crippen LogP contribution in [0.4, 0.5) is 4.39 Å². The number of ketones is 1. The number of carbonyl (C=O) groups excluding carboxylic acids is 1. The lowest BCUT2D eigenvalue weighted by atomic mass is 9.88. The van der Waals surface area contributed by atoms with Crippen LogP contribution in [-0.2, 0) is 0 Å². The summed E-state index contributed by atoms with van der Waals surface area (Å²) in [4.78, 5) is 21.9. The zero-order chi connectivity index (χ0) is 23.5. The first-order chi connectivity index (χ1) is 15.9. The van der Waals surface area contributed by atoms with Crippen LogP contribution in [0.2, 0.25) is 0 Å². The Labute approximate surface area is 206 Å². The molecular formula is C28H29FN2O2S. The van der Waals surface area contributed by atoms with E-state index in [1.54, 1.807) is 36.7 Å². The highest BCUT2D eigenvalue weighted by Gasteiger charge is 2.20. The summed E-state index contributed by atoms with van der Waals surface area (Å²) in [5.41, 5.74) is 6.17. The smallest absolute Gasteiger partial charge is 0.181 e. The lowest BCUT2D eigenvalue weighted by Gasteiger charge is -2.18. The number of hydrogen-bond donors (Lipinski definition) is 1. The van der Waals surface area contributed by atoms with E-state index in [4.69, 9.17) is 4.98 Å². The van der Waals surface area contributed by atoms with Gasteiger partial charge in [-0.1, -0.05) is 25.1 Å². The van der Waals surface area contributed by atoms with E-state index < -0.39 is 0 Å². The van der Waals surface area contributed by atoms with Crippen LogP contribution in [0, 0.1) is 25.6 Å². The molecule has 0 unspecified atom stereocenters. The molecule has 6 heteroatoms. The fraction of sp³-hybridized carbons (Fsp3) is 0.250. The van der Waals surface area contributed by atoms with E-state index in [0.29, 0.717) is 28.8 Å². The number of carbonyl (C=O) groups is 1. The molecular weight excluding hydrogens is 447 g/mol. The first kappa shape index (κ1) is 25.5. The molecule has 0 spiro atoms. The van der Waals surface area contributed by atoms with E-state index in [1.807, 2.05) is 39.0 Å². The molecule has 0 fully saturated rings. The molecule has 4 nitrogen and oxygen atoms in total. The number of rotatable bonds is 7. The van der Waals surface area contributed by atoms with Crippen molar-refractivity contribution in [3.8, 4) is 22.3 Å². The van der Waals surface area contributed by atoms with E-state index >= 15 is 0 Å². The van der Waals surface area contributed by atoms with Crippen LogP contribution in [0.3, 0.4) is 0 Å². The lowest BCUT2D eigenvalue weighted by Crippen LogP contribution is -2.10. The highest BCUT2D eigenvalue weighted by Crippen LogP contribution is 2.39. The van der Waals surface area contributed by atoms with Crippen molar-refractivity contribution < 1.29 is 14.3 Å². The average molecular weight is 477 g/mol. The number of aryl methyl sites for hydroxylation is 2. The molecule has 1 N–H and O–H groups in total. The Hall–Kier alpha value is -3.09. The van der Waals surface area contributed by atoms with Gasteiger partial charge in [-0.05, 0) is 84.3 Å². The Morgan fingerprint density at radius 1 is 1.06 bits per heavy atom. The van der Waals surface area contributed by atoms with Crippen LogP contribution in [0.25, 0.3) is 33.2 Å². The van der Waals surface area contributed by atoms with Gasteiger partial charge in [0.1, 0.15) is 11.5 Å². The molecule has 2 heterocycles. The van der Waals surface area contributed by atoms with E-state index in [1.165, 1.54) is 6.07 Å². The van der Waals surface area contributed by atoms with E-state index in [0.717, 1.165) is 27.6 Å². The van der Waals surface area contributed by atoms with Crippen molar-refractivity contribution in [2.45, 2.75) is 33.6 Å². The Morgan fingerprint density at radius 3 is 2.44 bits per heavy atom. The van der Waals surface area contributed by atoms with Crippen LogP contribution >= 0.6 is 13.5 Å². The van der Waals surface area contributed by atoms with Crippen molar-refractivity contribution in [3.05, 3.63) is 83.6 Å². The fourth-order valence-electron chi connectivity index (χ4n) is 4.50. The minimum Gasteiger partial charge on any atom is -0.396 e. The highest BCUT2D eigenvalue weighted by atomic mass is 32.1. The van der Waals surface area contributed by atoms with E-state index in [9.17, 15) is 14.3 Å². The first-order valence-electron chi connectivity index (χ1n) is 11.1. The molecule has 176 valence electrons. The molecule has 0 amide bonds. The number of nitrogens with zero attached hydrogens (tertiary/aromatic N) is 2. The van der Waals surface area contributed by atoms with Gasteiger partial charge in [0, 0.05) is 36.4 Å². The van der Waals surface area contributed by atoms with E-state index in [2.05, 4.69) is 4.98 Å². The van der Waals surface area contributed by atoms with Crippen molar-refractivity contribution in [2.24, 2.45) is 5.92 Å². The summed E-state index contributed by atoms with van der Waals surface area (Å²) < 4.78 is 14.9. The van der Waals surface area contributed by atoms with Gasteiger partial charge in [0.05, 0.1) is 5.52 Å². The maximum absolute atomic E-state index is 14.9. The molecule has 0 aliphatic carbocycles. The van der Waals surface area contributed by atoms with Crippen molar-refractivity contribution in [1.29, 1.82) is 0 Å². The second kappa shape index (κ2) is 10.9. The molecule has 2 aromatic heterocycles. The summed E-state index contributed by atoms with van der Waals surface area (Å²) in [6, 6.07) is 14.2. The molecule has 34 heavy (non-hydrogen) atoms. The quantitative estimate of drug-likeness (QED) is 0.313. The van der Waals surface area contributed by atoms with Gasteiger partial charge in [0.2, 0.25) is 0 Å². The Kier molecular flexibility index (Phi) is 8.18. The molecule has 0 aliphatic heterocycles. The van der Waals surface area contributed by atoms with Crippen LogP contribution in [0.1, 0.15) is 41.4 Å². The van der Waals surface area contributed by atoms with Crippen LogP contribution in [-0.4, -0.2) is 27.5 Å². The second-order valence-corrected chi connectivity index (χ2v) is 8.60. The summed E-state index contributed by atoms with van der Waals surface area (Å²) >= 11 is 0. The Bertz CT molecular complexity index is 1330. The summed E-state index contributed by atoms with van der Waals surface area (Å²) in [5, 5.41) is 10.0. The van der Waals surface area contributed by atoms with Crippen molar-refractivity contribution in [3.63, 3.8) is 0 Å². The molecule has 0 saturated carbocycles. The second-order valence-electron chi connectivity index (χ2n) is 8.60. The summed E-state index contributed by atoms with van der Waals surface area (Å²) in [7, 11) is 0. The molecule has 0 aliphatic rings. The predicted octanol–water partition coefficient (Wildman–Crippen LogP) is 6.42. The lowest BCUT2D eigenvalue weighted by molar-refractivity contribution is 0.0953. The SMILES string of the molecule is Cc1cc2nc(C(=O)C[C@@H](C)CCO)cc(-c3ccccc3F)c2c(C)c1-c1ccncc1.S. The summed E-state index contributed by atoms with van der Waals surface area (Å²) in [5.74, 6) is -0.416. The van der Waals surface area contributed by atoms with Crippen LogP contribution in [0.5, 0.6) is 0 Å². The number of aromatic nitrogens is 2. The standard InChI is InChI=1S/C28H27FN2O2.H2S/c1-17(10-13-32)14-26(33)24-16-22(21-6-4-5-7-23(21)29)28-19(3)27(18(2)15-25(28)31-24)20-8-11-30-12-9-20;/h4-9,11-12,15-17,32H,10,13-14H2,1-3H3;1H2/t17-;/m0./s1. The van der Waals surface area contributed by atoms with E-state index in [-0.39, 0.29) is 44.0 Å². The number of hydrogen-bond acceptors (Lipinski definition) is 4. The van der Waals surface area contributed by atoms with Crippen molar-refractivity contribution >= 4 is 30.2 Å². The van der Waals surface area contributed by atoms with Gasteiger partial charge in [0.25, 0.3) is 0 Å². The number of aliphatic hydroxyl groups excluding tert-OH is 1. The largest absolute Gasteiger partial charge is 0.396 e. The van der Waals surface area contributed by atoms with Crippen molar-refractivity contribution in [2.75, 3.05) is 6.61 Å². The summed E-state index contributed by atoms with van der Waals surface area (Å²) in [6.45, 7) is 6.00. The monoisotopic (exact) mass is 476 g/mol. The number of Topliss-reactive ketones (excluding diaryl/α,β-unsaturated/α-hetero) is 1. The number of aliphatic hydroxyl groups is 1. The van der Waals surface area contributed by atoms with Gasteiger partial charge in [-0.3, -0.25) is 9.78 Å². The maximum Gasteiger partial charge on any atom is 0.181 e. The molecule has 4 aromatic rings. The maximum atomic E-state index is 14.9. The predicted molar refractivity (Wildman–Crippen MR) is 140 cm³/mol. The minimum atomic E-state index is -0.345. The number of pyridine rings is 2. The first-order valence-corrected chi connectivity index (χ1v) is 11.1. The number of fused-ring (bicyclic) bond motifs is 1. The Balaban J connectivity index is 0.00000324. The van der Waals surface area contributed by atoms with Crippen LogP contribution < -0.4 is 0 Å².